The topological polar surface area (TPSA) is 85.6 Å². The molecule has 0 fully saturated rings. The van der Waals surface area contributed by atoms with Crippen LogP contribution < -0.4 is 4.18 Å². The second-order valence-corrected chi connectivity index (χ2v) is 8.43. The van der Waals surface area contributed by atoms with E-state index in [0.29, 0.717) is 24.0 Å². The summed E-state index contributed by atoms with van der Waals surface area (Å²) in [7, 11) is -5.77. The summed E-state index contributed by atoms with van der Waals surface area (Å²) in [6.07, 6.45) is 0.555. The van der Waals surface area contributed by atoms with Gasteiger partial charge < -0.3 is 13.9 Å². The van der Waals surface area contributed by atoms with Gasteiger partial charge in [0.05, 0.1) is 11.9 Å². The van der Waals surface area contributed by atoms with E-state index in [2.05, 4.69) is 4.18 Å². The smallest absolute Gasteiger partial charge is 0.481 e. The van der Waals surface area contributed by atoms with Crippen LogP contribution in [0.25, 0.3) is 10.9 Å². The minimum Gasteiger partial charge on any atom is -0.481 e. The number of carboxylic acids is 1. The van der Waals surface area contributed by atoms with E-state index in [4.69, 9.17) is 5.11 Å². The number of carbonyl (C=O) groups is 1. The minimum atomic E-state index is -5.77. The molecular formula is C17H18F3NO5S. The summed E-state index contributed by atoms with van der Waals surface area (Å²) in [5, 5.41) is 9.82. The fraction of sp³-hybridized carbons (Fsp3) is 0.471. The van der Waals surface area contributed by atoms with Gasteiger partial charge in [0.25, 0.3) is 0 Å². The van der Waals surface area contributed by atoms with Crippen molar-refractivity contribution in [2.45, 2.75) is 50.6 Å². The molecule has 2 aromatic rings. The number of rotatable bonds is 5. The van der Waals surface area contributed by atoms with Crippen molar-refractivity contribution in [3.63, 3.8) is 0 Å². The van der Waals surface area contributed by atoms with Gasteiger partial charge in [0, 0.05) is 29.6 Å². The van der Waals surface area contributed by atoms with E-state index in [-0.39, 0.29) is 18.3 Å². The van der Waals surface area contributed by atoms with Crippen LogP contribution in [-0.4, -0.2) is 29.6 Å². The van der Waals surface area contributed by atoms with Gasteiger partial charge in [-0.3, -0.25) is 4.79 Å². The molecule has 27 heavy (non-hydrogen) atoms. The minimum absolute atomic E-state index is 0.0425. The van der Waals surface area contributed by atoms with Crippen molar-refractivity contribution in [1.29, 1.82) is 0 Å². The van der Waals surface area contributed by atoms with Gasteiger partial charge in [-0.25, -0.2) is 0 Å². The lowest BCUT2D eigenvalue weighted by Gasteiger charge is -2.14. The number of alkyl halides is 3. The highest BCUT2D eigenvalue weighted by Gasteiger charge is 2.48. The molecule has 3 rings (SSSR count). The lowest BCUT2D eigenvalue weighted by atomic mass is 9.96. The monoisotopic (exact) mass is 405 g/mol. The Bertz CT molecular complexity index is 1010. The van der Waals surface area contributed by atoms with Crippen molar-refractivity contribution < 1.29 is 35.7 Å². The molecule has 0 radical (unpaired) electrons. The van der Waals surface area contributed by atoms with Gasteiger partial charge >= 0.3 is 21.6 Å². The summed E-state index contributed by atoms with van der Waals surface area (Å²) in [4.78, 5) is 11.1. The van der Waals surface area contributed by atoms with Crippen molar-refractivity contribution in [2.24, 2.45) is 0 Å². The van der Waals surface area contributed by atoms with E-state index in [0.717, 1.165) is 11.1 Å². The summed E-state index contributed by atoms with van der Waals surface area (Å²) < 4.78 is 66.8. The van der Waals surface area contributed by atoms with Crippen LogP contribution in [0.4, 0.5) is 13.2 Å². The maximum Gasteiger partial charge on any atom is 0.534 e. The van der Waals surface area contributed by atoms with Gasteiger partial charge in [-0.15, -0.1) is 0 Å². The van der Waals surface area contributed by atoms with Crippen molar-refractivity contribution in [3.05, 3.63) is 29.5 Å². The Morgan fingerprint density at radius 1 is 1.33 bits per heavy atom. The van der Waals surface area contributed by atoms with Crippen LogP contribution in [0.15, 0.2) is 18.2 Å². The molecule has 1 atom stereocenters. The first-order valence-corrected chi connectivity index (χ1v) is 9.71. The fourth-order valence-corrected chi connectivity index (χ4v) is 3.96. The van der Waals surface area contributed by atoms with E-state index < -0.39 is 27.3 Å². The Morgan fingerprint density at radius 3 is 2.56 bits per heavy atom. The number of benzene rings is 1. The molecule has 148 valence electrons. The van der Waals surface area contributed by atoms with Crippen molar-refractivity contribution >= 4 is 27.0 Å². The zero-order chi connectivity index (χ0) is 20.1. The zero-order valence-corrected chi connectivity index (χ0v) is 15.4. The zero-order valence-electron chi connectivity index (χ0n) is 14.6. The molecule has 10 heteroatoms. The Labute approximate surface area is 153 Å². The number of nitrogens with zero attached hydrogens (tertiary/aromatic N) is 1. The molecule has 1 aliphatic rings. The third kappa shape index (κ3) is 3.50. The molecule has 0 saturated carbocycles. The Kier molecular flexibility index (Phi) is 4.65. The fourth-order valence-electron chi connectivity index (χ4n) is 3.52. The SMILES string of the molecule is CC(C)c1cc(OS(=O)(=O)C(F)(F)F)cc2c1cc1n2CCC1CC(=O)O. The maximum absolute atomic E-state index is 12.7. The first-order chi connectivity index (χ1) is 12.4. The van der Waals surface area contributed by atoms with Crippen LogP contribution in [0.1, 0.15) is 49.8 Å². The highest BCUT2D eigenvalue weighted by molar-refractivity contribution is 7.88. The van der Waals surface area contributed by atoms with E-state index in [1.54, 1.807) is 0 Å². The number of hydrogen-bond acceptors (Lipinski definition) is 4. The lowest BCUT2D eigenvalue weighted by molar-refractivity contribution is -0.137. The normalized spacial score (nSPS) is 17.5. The third-order valence-electron chi connectivity index (χ3n) is 4.71. The van der Waals surface area contributed by atoms with Crippen molar-refractivity contribution in [3.8, 4) is 5.75 Å². The van der Waals surface area contributed by atoms with Crippen LogP contribution in [0, 0.1) is 0 Å². The molecule has 1 aliphatic heterocycles. The molecular weight excluding hydrogens is 387 g/mol. The van der Waals surface area contributed by atoms with Gasteiger partial charge in [0.1, 0.15) is 5.75 Å². The van der Waals surface area contributed by atoms with Crippen molar-refractivity contribution in [2.75, 3.05) is 0 Å². The molecule has 1 aromatic heterocycles. The molecule has 1 aromatic carbocycles. The van der Waals surface area contributed by atoms with Crippen LogP contribution >= 0.6 is 0 Å². The third-order valence-corrected chi connectivity index (χ3v) is 5.69. The molecule has 0 bridgehead atoms. The molecule has 0 amide bonds. The molecule has 0 aliphatic carbocycles. The van der Waals surface area contributed by atoms with E-state index in [9.17, 15) is 26.4 Å². The summed E-state index contributed by atoms with van der Waals surface area (Å²) in [5.41, 5.74) is -3.56. The number of carboxylic acid groups (broad SMARTS) is 1. The molecule has 6 nitrogen and oxygen atoms in total. The van der Waals surface area contributed by atoms with Gasteiger partial charge in [-0.05, 0) is 30.0 Å². The largest absolute Gasteiger partial charge is 0.534 e. The summed E-state index contributed by atoms with van der Waals surface area (Å²) in [6, 6.07) is 4.39. The Hall–Kier alpha value is -2.23. The predicted octanol–water partition coefficient (Wildman–Crippen LogP) is 3.96. The highest BCUT2D eigenvalue weighted by Crippen LogP contribution is 2.41. The standard InChI is InChI=1S/C17H18F3NO5S/c1-9(2)12-6-11(26-27(24,25)17(18,19)20)7-15-13(12)8-14-10(5-16(22)23)3-4-21(14)15/h6-10H,3-5H2,1-2H3,(H,22,23). The number of aliphatic carboxylic acids is 1. The van der Waals surface area contributed by atoms with Crippen LogP contribution in [0.3, 0.4) is 0 Å². The number of aromatic nitrogens is 1. The van der Waals surface area contributed by atoms with Crippen LogP contribution in [0.2, 0.25) is 0 Å². The number of hydrogen-bond donors (Lipinski definition) is 1. The Morgan fingerprint density at radius 2 is 2.00 bits per heavy atom. The Balaban J connectivity index is 2.13. The molecule has 0 saturated heterocycles. The number of fused-ring (bicyclic) bond motifs is 3. The van der Waals surface area contributed by atoms with E-state index >= 15 is 0 Å². The van der Waals surface area contributed by atoms with Gasteiger partial charge in [0.15, 0.2) is 0 Å². The van der Waals surface area contributed by atoms with E-state index in [1.165, 1.54) is 12.1 Å². The molecule has 0 spiro atoms. The summed E-state index contributed by atoms with van der Waals surface area (Å²) in [5.74, 6) is -1.64. The quantitative estimate of drug-likeness (QED) is 0.601. The summed E-state index contributed by atoms with van der Waals surface area (Å²) >= 11 is 0. The van der Waals surface area contributed by atoms with Crippen LogP contribution in [-0.2, 0) is 21.5 Å². The molecule has 1 unspecified atom stereocenters. The first kappa shape index (κ1) is 19.5. The summed E-state index contributed by atoms with van der Waals surface area (Å²) in [6.45, 7) is 4.16. The second-order valence-electron chi connectivity index (χ2n) is 6.89. The maximum atomic E-state index is 12.7. The molecule has 2 heterocycles. The van der Waals surface area contributed by atoms with E-state index in [1.807, 2.05) is 24.5 Å². The number of aryl methyl sites for hydroxylation is 1. The first-order valence-electron chi connectivity index (χ1n) is 8.30. The van der Waals surface area contributed by atoms with Gasteiger partial charge in [-0.1, -0.05) is 13.8 Å². The highest BCUT2D eigenvalue weighted by atomic mass is 32.2. The van der Waals surface area contributed by atoms with Crippen LogP contribution in [0.5, 0.6) is 5.75 Å². The lowest BCUT2D eigenvalue weighted by Crippen LogP contribution is -2.28. The predicted molar refractivity (Wildman–Crippen MR) is 91.2 cm³/mol. The second kappa shape index (κ2) is 6.43. The average molecular weight is 405 g/mol. The number of halogens is 3. The molecule has 1 N–H and O–H groups in total. The van der Waals surface area contributed by atoms with Gasteiger partial charge in [-0.2, -0.15) is 21.6 Å². The average Bonchev–Trinajstić information content (AvgIpc) is 3.05. The van der Waals surface area contributed by atoms with Crippen molar-refractivity contribution in [1.82, 2.24) is 4.57 Å². The van der Waals surface area contributed by atoms with Gasteiger partial charge in [0.2, 0.25) is 0 Å².